The van der Waals surface area contributed by atoms with Crippen LogP contribution in [0.2, 0.25) is 5.02 Å². The Labute approximate surface area is 117 Å². The molecule has 0 saturated heterocycles. The van der Waals surface area contributed by atoms with E-state index in [2.05, 4.69) is 12.1 Å². The Balaban J connectivity index is 1.60. The molecule has 2 aromatic rings. The number of fused-ring (bicyclic) bond motifs is 1. The number of halogens is 1. The van der Waals surface area contributed by atoms with Crippen molar-refractivity contribution >= 4 is 11.6 Å². The molecule has 0 fully saturated rings. The zero-order valence-electron chi connectivity index (χ0n) is 10.5. The predicted molar refractivity (Wildman–Crippen MR) is 76.0 cm³/mol. The summed E-state index contributed by atoms with van der Waals surface area (Å²) in [4.78, 5) is 0. The average Bonchev–Trinajstić information content (AvgIpc) is 2.80. The van der Waals surface area contributed by atoms with Crippen LogP contribution in [0.3, 0.4) is 0 Å². The fourth-order valence-electron chi connectivity index (χ4n) is 2.45. The molecule has 1 aliphatic heterocycles. The lowest BCUT2D eigenvalue weighted by Crippen LogP contribution is -2.13. The summed E-state index contributed by atoms with van der Waals surface area (Å²) in [6.07, 6.45) is 3.02. The van der Waals surface area contributed by atoms with Crippen molar-refractivity contribution in [3.8, 4) is 11.5 Å². The number of benzene rings is 2. The smallest absolute Gasteiger partial charge is 0.123 e. The second-order valence-corrected chi connectivity index (χ2v) is 5.34. The number of phenolic OH excluding ortho intramolecular Hbond substituents is 1. The van der Waals surface area contributed by atoms with Crippen molar-refractivity contribution in [3.63, 3.8) is 0 Å². The van der Waals surface area contributed by atoms with Crippen molar-refractivity contribution in [1.29, 1.82) is 0 Å². The van der Waals surface area contributed by atoms with Gasteiger partial charge in [-0.2, -0.15) is 0 Å². The quantitative estimate of drug-likeness (QED) is 0.917. The van der Waals surface area contributed by atoms with Gasteiger partial charge in [0.2, 0.25) is 0 Å². The molecule has 0 unspecified atom stereocenters. The van der Waals surface area contributed by atoms with Gasteiger partial charge in [0.25, 0.3) is 0 Å². The summed E-state index contributed by atoms with van der Waals surface area (Å²) in [5.74, 6) is 1.21. The van der Waals surface area contributed by atoms with Crippen molar-refractivity contribution in [2.75, 3.05) is 0 Å². The highest BCUT2D eigenvalue weighted by Gasteiger charge is 2.22. The lowest BCUT2D eigenvalue weighted by molar-refractivity contribution is 0.222. The zero-order valence-corrected chi connectivity index (χ0v) is 11.2. The fraction of sp³-hybridized carbons (Fsp3) is 0.250. The lowest BCUT2D eigenvalue weighted by Gasteiger charge is -2.10. The molecule has 1 aliphatic rings. The maximum atomic E-state index is 9.45. The van der Waals surface area contributed by atoms with Crippen LogP contribution in [0.15, 0.2) is 42.5 Å². The minimum absolute atomic E-state index is 0.201. The van der Waals surface area contributed by atoms with E-state index in [4.69, 9.17) is 16.3 Å². The predicted octanol–water partition coefficient (Wildman–Crippen LogP) is 3.98. The van der Waals surface area contributed by atoms with Crippen LogP contribution in [0, 0.1) is 0 Å². The van der Waals surface area contributed by atoms with Gasteiger partial charge in [-0.15, -0.1) is 0 Å². The summed E-state index contributed by atoms with van der Waals surface area (Å²) in [7, 11) is 0. The number of hydrogen-bond donors (Lipinski definition) is 1. The molecule has 2 nitrogen and oxygen atoms in total. The van der Waals surface area contributed by atoms with Crippen LogP contribution in [0.5, 0.6) is 11.5 Å². The van der Waals surface area contributed by atoms with Crippen molar-refractivity contribution < 1.29 is 9.84 Å². The monoisotopic (exact) mass is 274 g/mol. The van der Waals surface area contributed by atoms with Gasteiger partial charge in [0.05, 0.1) is 0 Å². The van der Waals surface area contributed by atoms with Gasteiger partial charge in [-0.05, 0) is 48.7 Å². The molecule has 0 aliphatic carbocycles. The second kappa shape index (κ2) is 5.14. The molecule has 0 bridgehead atoms. The number of aromatic hydroxyl groups is 1. The summed E-state index contributed by atoms with van der Waals surface area (Å²) in [5.41, 5.74) is 2.37. The highest BCUT2D eigenvalue weighted by molar-refractivity contribution is 6.30. The zero-order chi connectivity index (χ0) is 13.2. The van der Waals surface area contributed by atoms with Gasteiger partial charge >= 0.3 is 0 Å². The first-order valence-corrected chi connectivity index (χ1v) is 6.81. The third-order valence-corrected chi connectivity index (χ3v) is 3.71. The van der Waals surface area contributed by atoms with E-state index in [1.165, 1.54) is 5.56 Å². The Morgan fingerprint density at radius 1 is 1.16 bits per heavy atom. The van der Waals surface area contributed by atoms with Gasteiger partial charge < -0.3 is 9.84 Å². The van der Waals surface area contributed by atoms with E-state index < -0.39 is 0 Å². The van der Waals surface area contributed by atoms with Crippen LogP contribution in [-0.4, -0.2) is 11.2 Å². The van der Waals surface area contributed by atoms with Crippen LogP contribution in [0.1, 0.15) is 17.5 Å². The van der Waals surface area contributed by atoms with Gasteiger partial charge in [0, 0.05) is 17.0 Å². The van der Waals surface area contributed by atoms with Gasteiger partial charge in [0.1, 0.15) is 17.6 Å². The van der Waals surface area contributed by atoms with Gasteiger partial charge in [-0.1, -0.05) is 23.7 Å². The molecule has 1 atom stereocenters. The Morgan fingerprint density at radius 2 is 1.95 bits per heavy atom. The number of rotatable bonds is 3. The molecule has 0 aromatic heterocycles. The van der Waals surface area contributed by atoms with Gasteiger partial charge in [-0.3, -0.25) is 0 Å². The summed E-state index contributed by atoms with van der Waals surface area (Å²) in [6.45, 7) is 0. The number of ether oxygens (including phenoxy) is 1. The van der Waals surface area contributed by atoms with E-state index in [0.29, 0.717) is 5.75 Å². The topological polar surface area (TPSA) is 29.5 Å². The Kier molecular flexibility index (Phi) is 3.34. The molecule has 0 spiro atoms. The standard InChI is InChI=1S/C16H15ClO2/c17-13-4-1-11(2-5-13)3-7-15-10-12-9-14(18)6-8-16(12)19-15/h1-2,4-6,8-9,15,18H,3,7,10H2/t15-/m1/s1. The molecular formula is C16H15ClO2. The average molecular weight is 275 g/mol. The van der Waals surface area contributed by atoms with Crippen LogP contribution in [-0.2, 0) is 12.8 Å². The van der Waals surface area contributed by atoms with E-state index in [9.17, 15) is 5.11 Å². The maximum absolute atomic E-state index is 9.45. The molecule has 0 amide bonds. The first-order valence-electron chi connectivity index (χ1n) is 6.44. The van der Waals surface area contributed by atoms with E-state index in [1.54, 1.807) is 12.1 Å². The SMILES string of the molecule is Oc1ccc2c(c1)C[C@@H](CCc1ccc(Cl)cc1)O2. The second-order valence-electron chi connectivity index (χ2n) is 4.90. The molecule has 3 heteroatoms. The van der Waals surface area contributed by atoms with Crippen LogP contribution >= 0.6 is 11.6 Å². The molecule has 0 radical (unpaired) electrons. The van der Waals surface area contributed by atoms with E-state index in [1.807, 2.05) is 18.2 Å². The van der Waals surface area contributed by atoms with Crippen molar-refractivity contribution in [2.45, 2.75) is 25.4 Å². The third kappa shape index (κ3) is 2.85. The molecule has 98 valence electrons. The Hall–Kier alpha value is -1.67. The van der Waals surface area contributed by atoms with E-state index in [-0.39, 0.29) is 6.10 Å². The number of hydrogen-bond acceptors (Lipinski definition) is 2. The molecule has 3 rings (SSSR count). The molecule has 1 heterocycles. The molecule has 1 N–H and O–H groups in total. The molecule has 19 heavy (non-hydrogen) atoms. The normalized spacial score (nSPS) is 17.0. The minimum Gasteiger partial charge on any atom is -0.508 e. The highest BCUT2D eigenvalue weighted by Crippen LogP contribution is 2.32. The van der Waals surface area contributed by atoms with Crippen LogP contribution < -0.4 is 4.74 Å². The van der Waals surface area contributed by atoms with Crippen LogP contribution in [0.25, 0.3) is 0 Å². The molecule has 2 aromatic carbocycles. The van der Waals surface area contributed by atoms with E-state index in [0.717, 1.165) is 35.6 Å². The Morgan fingerprint density at radius 3 is 2.74 bits per heavy atom. The van der Waals surface area contributed by atoms with Crippen molar-refractivity contribution in [2.24, 2.45) is 0 Å². The third-order valence-electron chi connectivity index (χ3n) is 3.45. The molecule has 0 saturated carbocycles. The maximum Gasteiger partial charge on any atom is 0.123 e. The Bertz CT molecular complexity index is 578. The minimum atomic E-state index is 0.201. The summed E-state index contributed by atoms with van der Waals surface area (Å²) in [6, 6.07) is 13.2. The van der Waals surface area contributed by atoms with Crippen molar-refractivity contribution in [1.82, 2.24) is 0 Å². The summed E-state index contributed by atoms with van der Waals surface area (Å²) >= 11 is 5.87. The number of aryl methyl sites for hydroxylation is 1. The van der Waals surface area contributed by atoms with Crippen LogP contribution in [0.4, 0.5) is 0 Å². The molecular weight excluding hydrogens is 260 g/mol. The van der Waals surface area contributed by atoms with E-state index >= 15 is 0 Å². The summed E-state index contributed by atoms with van der Waals surface area (Å²) in [5, 5.41) is 10.2. The first kappa shape index (κ1) is 12.4. The van der Waals surface area contributed by atoms with Gasteiger partial charge in [-0.25, -0.2) is 0 Å². The largest absolute Gasteiger partial charge is 0.508 e. The number of phenols is 1. The highest BCUT2D eigenvalue weighted by atomic mass is 35.5. The first-order chi connectivity index (χ1) is 9.20. The van der Waals surface area contributed by atoms with Crippen molar-refractivity contribution in [3.05, 3.63) is 58.6 Å². The van der Waals surface area contributed by atoms with Gasteiger partial charge in [0.15, 0.2) is 0 Å². The fourth-order valence-corrected chi connectivity index (χ4v) is 2.57. The summed E-state index contributed by atoms with van der Waals surface area (Å²) < 4.78 is 5.87. The lowest BCUT2D eigenvalue weighted by atomic mass is 10.0.